The van der Waals surface area contributed by atoms with Crippen LogP contribution >= 0.6 is 0 Å². The number of aryl methyl sites for hydroxylation is 1. The zero-order valence-corrected chi connectivity index (χ0v) is 13.5. The fraction of sp³-hybridized carbons (Fsp3) is 0.294. The molecule has 0 aliphatic heterocycles. The van der Waals surface area contributed by atoms with E-state index in [9.17, 15) is 4.79 Å². The summed E-state index contributed by atoms with van der Waals surface area (Å²) in [6.45, 7) is 0. The van der Waals surface area contributed by atoms with Crippen molar-refractivity contribution in [1.82, 2.24) is 4.98 Å². The Morgan fingerprint density at radius 3 is 2.17 bits per heavy atom. The molecule has 122 valence electrons. The van der Waals surface area contributed by atoms with E-state index >= 15 is 0 Å². The Morgan fingerprint density at radius 1 is 1.04 bits per heavy atom. The lowest BCUT2D eigenvalue weighted by molar-refractivity contribution is -0.116. The van der Waals surface area contributed by atoms with Crippen LogP contribution in [0.4, 0.5) is 5.69 Å². The van der Waals surface area contributed by atoms with E-state index in [1.807, 2.05) is 12.1 Å². The van der Waals surface area contributed by atoms with Crippen LogP contribution in [0.15, 0.2) is 36.7 Å². The minimum absolute atomic E-state index is 0.0649. The SMILES string of the molecule is COc1cc(CCC(=O)Nc2ccncc2)cc(OC)c1OC. The molecule has 0 saturated heterocycles. The molecule has 0 unspecified atom stereocenters. The Morgan fingerprint density at radius 2 is 1.65 bits per heavy atom. The highest BCUT2D eigenvalue weighted by Gasteiger charge is 2.13. The molecule has 1 aromatic carbocycles. The third kappa shape index (κ3) is 4.35. The van der Waals surface area contributed by atoms with Crippen LogP contribution in [0.2, 0.25) is 0 Å². The first-order valence-electron chi connectivity index (χ1n) is 7.16. The number of nitrogens with one attached hydrogen (secondary N) is 1. The Kier molecular flexibility index (Phi) is 5.80. The molecule has 0 radical (unpaired) electrons. The van der Waals surface area contributed by atoms with E-state index in [2.05, 4.69) is 10.3 Å². The quantitative estimate of drug-likeness (QED) is 0.850. The number of rotatable bonds is 7. The summed E-state index contributed by atoms with van der Waals surface area (Å²) in [5.41, 5.74) is 1.67. The van der Waals surface area contributed by atoms with E-state index in [1.54, 1.807) is 45.9 Å². The highest BCUT2D eigenvalue weighted by atomic mass is 16.5. The molecule has 2 rings (SSSR count). The number of benzene rings is 1. The van der Waals surface area contributed by atoms with Crippen molar-refractivity contribution in [2.45, 2.75) is 12.8 Å². The number of aromatic nitrogens is 1. The second-order valence-electron chi connectivity index (χ2n) is 4.82. The summed E-state index contributed by atoms with van der Waals surface area (Å²) >= 11 is 0. The highest BCUT2D eigenvalue weighted by molar-refractivity contribution is 5.90. The topological polar surface area (TPSA) is 69.7 Å². The zero-order chi connectivity index (χ0) is 16.7. The summed E-state index contributed by atoms with van der Waals surface area (Å²) < 4.78 is 15.9. The molecule has 0 aliphatic rings. The van der Waals surface area contributed by atoms with Gasteiger partial charge in [0.2, 0.25) is 11.7 Å². The van der Waals surface area contributed by atoms with Gasteiger partial charge in [-0.1, -0.05) is 0 Å². The van der Waals surface area contributed by atoms with Crippen molar-refractivity contribution < 1.29 is 19.0 Å². The first-order valence-corrected chi connectivity index (χ1v) is 7.16. The van der Waals surface area contributed by atoms with Gasteiger partial charge in [0.05, 0.1) is 21.3 Å². The van der Waals surface area contributed by atoms with Gasteiger partial charge < -0.3 is 19.5 Å². The molecular weight excluding hydrogens is 296 g/mol. The molecule has 6 nitrogen and oxygen atoms in total. The van der Waals surface area contributed by atoms with E-state index in [-0.39, 0.29) is 5.91 Å². The number of pyridine rings is 1. The van der Waals surface area contributed by atoms with Crippen molar-refractivity contribution in [2.75, 3.05) is 26.6 Å². The fourth-order valence-corrected chi connectivity index (χ4v) is 2.20. The van der Waals surface area contributed by atoms with E-state index in [1.165, 1.54) is 0 Å². The number of amides is 1. The summed E-state index contributed by atoms with van der Waals surface area (Å²) in [5, 5.41) is 2.83. The van der Waals surface area contributed by atoms with E-state index in [0.717, 1.165) is 11.3 Å². The number of carbonyl (C=O) groups is 1. The van der Waals surface area contributed by atoms with Gasteiger partial charge in [0, 0.05) is 24.5 Å². The maximum atomic E-state index is 12.0. The Labute approximate surface area is 135 Å². The number of anilines is 1. The van der Waals surface area contributed by atoms with Crippen LogP contribution in [0.5, 0.6) is 17.2 Å². The molecule has 1 aromatic heterocycles. The maximum absolute atomic E-state index is 12.0. The lowest BCUT2D eigenvalue weighted by atomic mass is 10.1. The molecule has 0 aliphatic carbocycles. The van der Waals surface area contributed by atoms with Crippen LogP contribution < -0.4 is 19.5 Å². The molecule has 0 saturated carbocycles. The van der Waals surface area contributed by atoms with E-state index < -0.39 is 0 Å². The van der Waals surface area contributed by atoms with Gasteiger partial charge in [0.1, 0.15) is 0 Å². The standard InChI is InChI=1S/C17H20N2O4/c1-21-14-10-12(11-15(22-2)17(14)23-3)4-5-16(20)19-13-6-8-18-9-7-13/h6-11H,4-5H2,1-3H3,(H,18,19,20). The van der Waals surface area contributed by atoms with E-state index in [0.29, 0.717) is 30.1 Å². The Balaban J connectivity index is 2.04. The highest BCUT2D eigenvalue weighted by Crippen LogP contribution is 2.38. The molecule has 2 aromatic rings. The number of ether oxygens (including phenoxy) is 3. The minimum Gasteiger partial charge on any atom is -0.493 e. The number of hydrogen-bond acceptors (Lipinski definition) is 5. The van der Waals surface area contributed by atoms with Gasteiger partial charge in [0.15, 0.2) is 11.5 Å². The van der Waals surface area contributed by atoms with Gasteiger partial charge in [-0.2, -0.15) is 0 Å². The van der Waals surface area contributed by atoms with Crippen LogP contribution in [0.3, 0.4) is 0 Å². The second kappa shape index (κ2) is 8.03. The molecule has 0 spiro atoms. The largest absolute Gasteiger partial charge is 0.493 e. The smallest absolute Gasteiger partial charge is 0.224 e. The van der Waals surface area contributed by atoms with Gasteiger partial charge in [-0.15, -0.1) is 0 Å². The van der Waals surface area contributed by atoms with Crippen molar-refractivity contribution in [1.29, 1.82) is 0 Å². The van der Waals surface area contributed by atoms with Crippen molar-refractivity contribution >= 4 is 11.6 Å². The maximum Gasteiger partial charge on any atom is 0.224 e. The van der Waals surface area contributed by atoms with Crippen molar-refractivity contribution in [3.8, 4) is 17.2 Å². The molecule has 0 bridgehead atoms. The lowest BCUT2D eigenvalue weighted by Crippen LogP contribution is -2.12. The van der Waals surface area contributed by atoms with E-state index in [4.69, 9.17) is 14.2 Å². The molecule has 23 heavy (non-hydrogen) atoms. The van der Waals surface area contributed by atoms with Gasteiger partial charge in [0.25, 0.3) is 0 Å². The number of methoxy groups -OCH3 is 3. The van der Waals surface area contributed by atoms with Crippen LogP contribution in [-0.2, 0) is 11.2 Å². The predicted octanol–water partition coefficient (Wildman–Crippen LogP) is 2.68. The van der Waals surface area contributed by atoms with Gasteiger partial charge >= 0.3 is 0 Å². The van der Waals surface area contributed by atoms with Gasteiger partial charge in [-0.25, -0.2) is 0 Å². The van der Waals surface area contributed by atoms with Crippen molar-refractivity contribution in [3.05, 3.63) is 42.2 Å². The molecule has 1 heterocycles. The molecule has 6 heteroatoms. The Bertz CT molecular complexity index is 634. The third-order valence-corrected chi connectivity index (χ3v) is 3.33. The number of nitrogens with zero attached hydrogens (tertiary/aromatic N) is 1. The normalized spacial score (nSPS) is 10.0. The summed E-state index contributed by atoms with van der Waals surface area (Å²) in [7, 11) is 4.69. The second-order valence-corrected chi connectivity index (χ2v) is 4.82. The van der Waals surface area contributed by atoms with Crippen LogP contribution in [0.25, 0.3) is 0 Å². The summed E-state index contributed by atoms with van der Waals surface area (Å²) in [6, 6.07) is 7.19. The summed E-state index contributed by atoms with van der Waals surface area (Å²) in [4.78, 5) is 15.9. The molecular formula is C17H20N2O4. The van der Waals surface area contributed by atoms with Gasteiger partial charge in [-0.05, 0) is 36.2 Å². The summed E-state index contributed by atoms with van der Waals surface area (Å²) in [6.07, 6.45) is 4.18. The zero-order valence-electron chi connectivity index (χ0n) is 13.5. The average Bonchev–Trinajstić information content (AvgIpc) is 2.59. The molecule has 1 amide bonds. The van der Waals surface area contributed by atoms with Crippen LogP contribution in [0.1, 0.15) is 12.0 Å². The van der Waals surface area contributed by atoms with Crippen LogP contribution in [0, 0.1) is 0 Å². The fourth-order valence-electron chi connectivity index (χ4n) is 2.20. The Hall–Kier alpha value is -2.76. The number of hydrogen-bond donors (Lipinski definition) is 1. The first-order chi connectivity index (χ1) is 11.2. The van der Waals surface area contributed by atoms with Crippen molar-refractivity contribution in [2.24, 2.45) is 0 Å². The minimum atomic E-state index is -0.0649. The average molecular weight is 316 g/mol. The van der Waals surface area contributed by atoms with Crippen molar-refractivity contribution in [3.63, 3.8) is 0 Å². The molecule has 1 N–H and O–H groups in total. The van der Waals surface area contributed by atoms with Gasteiger partial charge in [-0.3, -0.25) is 9.78 Å². The monoisotopic (exact) mass is 316 g/mol. The first kappa shape index (κ1) is 16.6. The lowest BCUT2D eigenvalue weighted by Gasteiger charge is -2.14. The molecule has 0 fully saturated rings. The molecule has 0 atom stereocenters. The summed E-state index contributed by atoms with van der Waals surface area (Å²) in [5.74, 6) is 1.64. The van der Waals surface area contributed by atoms with Crippen LogP contribution in [-0.4, -0.2) is 32.2 Å². The number of carbonyl (C=O) groups excluding carboxylic acids is 1. The predicted molar refractivity (Wildman–Crippen MR) is 87.3 cm³/mol. The third-order valence-electron chi connectivity index (χ3n) is 3.33.